The zero-order chi connectivity index (χ0) is 12.0. The fourth-order valence-electron chi connectivity index (χ4n) is 1.11. The summed E-state index contributed by atoms with van der Waals surface area (Å²) in [5.74, 6) is -0.575. The smallest absolute Gasteiger partial charge is 0.409 e. The van der Waals surface area contributed by atoms with Crippen LogP contribution in [0.1, 0.15) is 17.3 Å². The average molecular weight is 223 g/mol. The maximum Gasteiger partial charge on any atom is 0.409 e. The molecule has 5 heteroatoms. The fraction of sp³-hybridized carbons (Fsp3) is 0.273. The van der Waals surface area contributed by atoms with Gasteiger partial charge in [-0.25, -0.2) is 4.79 Å². The predicted molar refractivity (Wildman–Crippen MR) is 56.9 cm³/mol. The van der Waals surface area contributed by atoms with Crippen LogP contribution < -0.4 is 5.32 Å². The highest BCUT2D eigenvalue weighted by Crippen LogP contribution is 2.02. The molecule has 0 fully saturated rings. The Balaban J connectivity index is 2.58. The molecule has 86 valence electrons. The van der Waals surface area contributed by atoms with Gasteiger partial charge in [-0.1, -0.05) is 30.3 Å². The third-order valence-electron chi connectivity index (χ3n) is 1.84. The van der Waals surface area contributed by atoms with Crippen LogP contribution in [0.5, 0.6) is 0 Å². The molecule has 1 atom stereocenters. The van der Waals surface area contributed by atoms with Gasteiger partial charge in [0.05, 0.1) is 6.61 Å². The summed E-state index contributed by atoms with van der Waals surface area (Å²) in [4.78, 5) is 22.5. The van der Waals surface area contributed by atoms with Crippen LogP contribution in [0.4, 0.5) is 4.79 Å². The number of rotatable bonds is 4. The summed E-state index contributed by atoms with van der Waals surface area (Å²) in [7, 11) is 0. The number of benzene rings is 1. The van der Waals surface area contributed by atoms with E-state index in [9.17, 15) is 14.7 Å². The number of ether oxygens (including phenoxy) is 1. The van der Waals surface area contributed by atoms with E-state index in [0.29, 0.717) is 5.56 Å². The number of carbonyl (C=O) groups is 2. The van der Waals surface area contributed by atoms with Crippen molar-refractivity contribution in [3.05, 3.63) is 35.9 Å². The first-order valence-electron chi connectivity index (χ1n) is 4.85. The first kappa shape index (κ1) is 12.2. The van der Waals surface area contributed by atoms with Gasteiger partial charge < -0.3 is 9.84 Å². The molecule has 0 saturated carbocycles. The topological polar surface area (TPSA) is 75.6 Å². The molecule has 0 radical (unpaired) electrons. The Bertz CT molecular complexity index is 364. The molecule has 0 bridgehead atoms. The molecular formula is C11H13NO4. The Hall–Kier alpha value is -1.88. The fourth-order valence-corrected chi connectivity index (χ4v) is 1.11. The Kier molecular flexibility index (Phi) is 4.47. The summed E-state index contributed by atoms with van der Waals surface area (Å²) in [5.41, 5.74) is 0.326. The number of amides is 1. The normalized spacial score (nSPS) is 11.6. The molecule has 1 rings (SSSR count). The largest absolute Gasteiger partial charge is 0.450 e. The van der Waals surface area contributed by atoms with Gasteiger partial charge in [0.2, 0.25) is 5.78 Å². The third-order valence-corrected chi connectivity index (χ3v) is 1.84. The highest BCUT2D eigenvalue weighted by atomic mass is 16.5. The lowest BCUT2D eigenvalue weighted by molar-refractivity contribution is 0.0635. The maximum absolute atomic E-state index is 11.6. The average Bonchev–Trinajstić information content (AvgIpc) is 2.29. The van der Waals surface area contributed by atoms with E-state index in [1.165, 1.54) is 0 Å². The number of ketones is 1. The molecule has 1 amide bonds. The minimum Gasteiger partial charge on any atom is -0.450 e. The molecule has 0 heterocycles. The van der Waals surface area contributed by atoms with Crippen molar-refractivity contribution in [2.75, 3.05) is 6.61 Å². The number of Topliss-reactive ketones (excluding diaryl/α,β-unsaturated/α-hetero) is 1. The zero-order valence-electron chi connectivity index (χ0n) is 8.84. The summed E-state index contributed by atoms with van der Waals surface area (Å²) < 4.78 is 4.54. The van der Waals surface area contributed by atoms with Crippen LogP contribution in [0.2, 0.25) is 0 Å². The third kappa shape index (κ3) is 3.36. The molecule has 1 unspecified atom stereocenters. The molecule has 0 aliphatic heterocycles. The van der Waals surface area contributed by atoms with Crippen LogP contribution >= 0.6 is 0 Å². The van der Waals surface area contributed by atoms with E-state index in [0.717, 1.165) is 0 Å². The molecule has 2 N–H and O–H groups in total. The van der Waals surface area contributed by atoms with Gasteiger partial charge in [0, 0.05) is 5.56 Å². The molecule has 1 aromatic carbocycles. The van der Waals surface area contributed by atoms with Crippen molar-refractivity contribution < 1.29 is 19.4 Å². The zero-order valence-corrected chi connectivity index (χ0v) is 8.84. The van der Waals surface area contributed by atoms with Gasteiger partial charge in [-0.2, -0.15) is 0 Å². The van der Waals surface area contributed by atoms with Gasteiger partial charge in [-0.3, -0.25) is 10.1 Å². The summed E-state index contributed by atoms with van der Waals surface area (Å²) in [6, 6.07) is 8.20. The minimum atomic E-state index is -1.58. The molecule has 5 nitrogen and oxygen atoms in total. The number of aliphatic hydroxyl groups is 1. The predicted octanol–water partition coefficient (Wildman–Crippen LogP) is 0.934. The number of nitrogens with one attached hydrogen (secondary N) is 1. The van der Waals surface area contributed by atoms with E-state index in [4.69, 9.17) is 0 Å². The van der Waals surface area contributed by atoms with Crippen molar-refractivity contribution in [1.82, 2.24) is 5.32 Å². The molecule has 0 saturated heterocycles. The minimum absolute atomic E-state index is 0.179. The standard InChI is InChI=1S/C11H13NO4/c1-2-16-11(15)12-10(14)9(13)8-6-4-3-5-7-8/h3-7,10,14H,2H2,1H3,(H,12,15). The van der Waals surface area contributed by atoms with Crippen molar-refractivity contribution in [2.24, 2.45) is 0 Å². The quantitative estimate of drug-likeness (QED) is 0.588. The number of aliphatic hydroxyl groups excluding tert-OH is 1. The molecule has 0 aliphatic rings. The second kappa shape index (κ2) is 5.87. The summed E-state index contributed by atoms with van der Waals surface area (Å²) in [6.07, 6.45) is -2.40. The lowest BCUT2D eigenvalue weighted by atomic mass is 10.1. The van der Waals surface area contributed by atoms with E-state index < -0.39 is 18.1 Å². The van der Waals surface area contributed by atoms with E-state index >= 15 is 0 Å². The van der Waals surface area contributed by atoms with E-state index in [1.54, 1.807) is 37.3 Å². The van der Waals surface area contributed by atoms with Crippen molar-refractivity contribution in [3.63, 3.8) is 0 Å². The Labute approximate surface area is 93.0 Å². The summed E-state index contributed by atoms with van der Waals surface area (Å²) in [5, 5.41) is 11.4. The number of hydrogen-bond acceptors (Lipinski definition) is 4. The van der Waals surface area contributed by atoms with Crippen molar-refractivity contribution in [2.45, 2.75) is 13.2 Å². The highest BCUT2D eigenvalue weighted by Gasteiger charge is 2.19. The number of carbonyl (C=O) groups excluding carboxylic acids is 2. The lowest BCUT2D eigenvalue weighted by Crippen LogP contribution is -2.40. The molecule has 0 aliphatic carbocycles. The molecular weight excluding hydrogens is 210 g/mol. The van der Waals surface area contributed by atoms with Gasteiger partial charge in [-0.05, 0) is 6.92 Å². The van der Waals surface area contributed by atoms with Crippen LogP contribution in [0.3, 0.4) is 0 Å². The Morgan fingerprint density at radius 2 is 2.00 bits per heavy atom. The van der Waals surface area contributed by atoms with Crippen LogP contribution in [0.25, 0.3) is 0 Å². The van der Waals surface area contributed by atoms with E-state index in [-0.39, 0.29) is 6.61 Å². The Morgan fingerprint density at radius 3 is 2.56 bits per heavy atom. The summed E-state index contributed by atoms with van der Waals surface area (Å²) in [6.45, 7) is 1.81. The highest BCUT2D eigenvalue weighted by molar-refractivity contribution is 6.00. The monoisotopic (exact) mass is 223 g/mol. The second-order valence-corrected chi connectivity index (χ2v) is 3.00. The SMILES string of the molecule is CCOC(=O)NC(O)C(=O)c1ccccc1. The van der Waals surface area contributed by atoms with Gasteiger partial charge >= 0.3 is 6.09 Å². The number of alkyl carbamates (subject to hydrolysis) is 1. The molecule has 1 aromatic rings. The van der Waals surface area contributed by atoms with Crippen molar-refractivity contribution in [1.29, 1.82) is 0 Å². The second-order valence-electron chi connectivity index (χ2n) is 3.00. The van der Waals surface area contributed by atoms with Gasteiger partial charge in [0.1, 0.15) is 0 Å². The first-order valence-corrected chi connectivity index (χ1v) is 4.85. The molecule has 0 aromatic heterocycles. The van der Waals surface area contributed by atoms with E-state index in [1.807, 2.05) is 5.32 Å². The van der Waals surface area contributed by atoms with Crippen molar-refractivity contribution in [3.8, 4) is 0 Å². The first-order chi connectivity index (χ1) is 7.65. The van der Waals surface area contributed by atoms with E-state index in [2.05, 4.69) is 4.74 Å². The molecule has 16 heavy (non-hydrogen) atoms. The van der Waals surface area contributed by atoms with Crippen LogP contribution in [0, 0.1) is 0 Å². The Morgan fingerprint density at radius 1 is 1.38 bits per heavy atom. The lowest BCUT2D eigenvalue weighted by Gasteiger charge is -2.11. The van der Waals surface area contributed by atoms with Gasteiger partial charge in [0.25, 0.3) is 0 Å². The van der Waals surface area contributed by atoms with Crippen molar-refractivity contribution >= 4 is 11.9 Å². The molecule has 0 spiro atoms. The van der Waals surface area contributed by atoms with Crippen LogP contribution in [-0.2, 0) is 4.74 Å². The van der Waals surface area contributed by atoms with Gasteiger partial charge in [0.15, 0.2) is 6.23 Å². The van der Waals surface area contributed by atoms with Gasteiger partial charge in [-0.15, -0.1) is 0 Å². The number of hydrogen-bond donors (Lipinski definition) is 2. The van der Waals surface area contributed by atoms with Crippen LogP contribution in [-0.4, -0.2) is 29.8 Å². The summed E-state index contributed by atoms with van der Waals surface area (Å²) >= 11 is 0. The van der Waals surface area contributed by atoms with Crippen LogP contribution in [0.15, 0.2) is 30.3 Å². The maximum atomic E-state index is 11.6.